The van der Waals surface area contributed by atoms with E-state index in [4.69, 9.17) is 0 Å². The van der Waals surface area contributed by atoms with Gasteiger partial charge >= 0.3 is 0 Å². The van der Waals surface area contributed by atoms with Crippen LogP contribution in [0.2, 0.25) is 0 Å². The van der Waals surface area contributed by atoms with Crippen molar-refractivity contribution in [1.29, 1.82) is 0 Å². The molecular weight excluding hydrogens is 341 g/mol. The molecule has 0 saturated heterocycles. The van der Waals surface area contributed by atoms with E-state index < -0.39 is 0 Å². The number of carbonyl (C=O) groups is 1. The lowest BCUT2D eigenvalue weighted by Crippen LogP contribution is -2.30. The van der Waals surface area contributed by atoms with E-state index in [0.29, 0.717) is 11.3 Å². The Kier molecular flexibility index (Phi) is 5.81. The molecule has 0 fully saturated rings. The van der Waals surface area contributed by atoms with Gasteiger partial charge in [0.15, 0.2) is 0 Å². The highest BCUT2D eigenvalue weighted by atomic mass is 19.1. The van der Waals surface area contributed by atoms with Gasteiger partial charge in [-0.2, -0.15) is 0 Å². The zero-order chi connectivity index (χ0) is 19.2. The Labute approximate surface area is 158 Å². The summed E-state index contributed by atoms with van der Waals surface area (Å²) in [5, 5.41) is 2.78. The van der Waals surface area contributed by atoms with Crippen molar-refractivity contribution < 1.29 is 9.18 Å². The molecule has 2 aromatic carbocycles. The fraction of sp³-hybridized carbons (Fsp3) is 0.182. The third-order valence-corrected chi connectivity index (χ3v) is 4.23. The fourth-order valence-electron chi connectivity index (χ4n) is 2.74. The summed E-state index contributed by atoms with van der Waals surface area (Å²) in [7, 11) is 0. The molecule has 1 heterocycles. The Bertz CT molecular complexity index is 878. The van der Waals surface area contributed by atoms with E-state index in [-0.39, 0.29) is 17.8 Å². The van der Waals surface area contributed by atoms with Gasteiger partial charge in [-0.15, -0.1) is 0 Å². The molecule has 3 aromatic rings. The van der Waals surface area contributed by atoms with Crippen LogP contribution in [0.15, 0.2) is 72.9 Å². The molecule has 1 N–H and O–H groups in total. The molecule has 1 aromatic heterocycles. The van der Waals surface area contributed by atoms with Gasteiger partial charge in [-0.1, -0.05) is 30.3 Å². The minimum atomic E-state index is -0.371. The quantitative estimate of drug-likeness (QED) is 0.678. The largest absolute Gasteiger partial charge is 0.350 e. The topological polar surface area (TPSA) is 45.2 Å². The van der Waals surface area contributed by atoms with Gasteiger partial charge < -0.3 is 10.2 Å². The van der Waals surface area contributed by atoms with Crippen molar-refractivity contribution in [3.8, 4) is 0 Å². The number of pyridine rings is 1. The summed E-state index contributed by atoms with van der Waals surface area (Å²) in [5.41, 5.74) is 2.20. The van der Waals surface area contributed by atoms with Crippen LogP contribution in [0.5, 0.6) is 0 Å². The Morgan fingerprint density at radius 3 is 2.33 bits per heavy atom. The number of anilines is 2. The first-order valence-electron chi connectivity index (χ1n) is 8.86. The Morgan fingerprint density at radius 1 is 1.04 bits per heavy atom. The third-order valence-electron chi connectivity index (χ3n) is 4.23. The summed E-state index contributed by atoms with van der Waals surface area (Å²) >= 11 is 0. The van der Waals surface area contributed by atoms with Crippen LogP contribution in [0.1, 0.15) is 29.8 Å². The van der Waals surface area contributed by atoms with E-state index in [1.54, 1.807) is 6.20 Å². The maximum atomic E-state index is 13.0. The molecule has 0 spiro atoms. The van der Waals surface area contributed by atoms with E-state index >= 15 is 0 Å². The minimum absolute atomic E-state index is 0.275. The number of amides is 1. The fourth-order valence-corrected chi connectivity index (χ4v) is 2.74. The van der Waals surface area contributed by atoms with Gasteiger partial charge in [0.2, 0.25) is 0 Å². The molecule has 0 bridgehead atoms. The zero-order valence-electron chi connectivity index (χ0n) is 15.4. The number of hydrogen-bond donors (Lipinski definition) is 1. The highest BCUT2D eigenvalue weighted by Gasteiger charge is 2.13. The summed E-state index contributed by atoms with van der Waals surface area (Å²) in [6.07, 6.45) is 1.64. The number of nitrogens with zero attached hydrogens (tertiary/aromatic N) is 2. The zero-order valence-corrected chi connectivity index (χ0v) is 15.4. The van der Waals surface area contributed by atoms with E-state index in [1.807, 2.05) is 30.3 Å². The molecular formula is C22H22FN3O. The molecule has 0 aliphatic rings. The maximum absolute atomic E-state index is 13.0. The van der Waals surface area contributed by atoms with Gasteiger partial charge in [0, 0.05) is 18.2 Å². The molecule has 0 atom stereocenters. The third kappa shape index (κ3) is 4.91. The van der Waals surface area contributed by atoms with Crippen molar-refractivity contribution in [2.75, 3.05) is 10.2 Å². The van der Waals surface area contributed by atoms with E-state index in [1.165, 1.54) is 29.8 Å². The number of hydrogen-bond acceptors (Lipinski definition) is 3. The van der Waals surface area contributed by atoms with Gasteiger partial charge in [0.25, 0.3) is 5.91 Å². The first-order chi connectivity index (χ1) is 13.0. The minimum Gasteiger partial charge on any atom is -0.350 e. The van der Waals surface area contributed by atoms with Gasteiger partial charge in [-0.3, -0.25) is 4.79 Å². The van der Waals surface area contributed by atoms with Gasteiger partial charge in [-0.25, -0.2) is 9.37 Å². The SMILES string of the molecule is CC(C)N(Cc1ccccc1)c1ccc(NC(=O)c2ccc(F)cc2)cn1. The van der Waals surface area contributed by atoms with Crippen molar-refractivity contribution in [2.24, 2.45) is 0 Å². The molecule has 3 rings (SSSR count). The van der Waals surface area contributed by atoms with Crippen LogP contribution in [0, 0.1) is 5.82 Å². The van der Waals surface area contributed by atoms with Gasteiger partial charge in [-0.05, 0) is 55.8 Å². The van der Waals surface area contributed by atoms with Crippen LogP contribution in [-0.2, 0) is 6.54 Å². The molecule has 5 heteroatoms. The van der Waals surface area contributed by atoms with Gasteiger partial charge in [0.1, 0.15) is 11.6 Å². The summed E-state index contributed by atoms with van der Waals surface area (Å²) in [5.74, 6) is 0.174. The summed E-state index contributed by atoms with van der Waals surface area (Å²) < 4.78 is 13.0. The molecule has 0 aliphatic carbocycles. The summed E-state index contributed by atoms with van der Waals surface area (Å²) in [4.78, 5) is 18.9. The average molecular weight is 363 g/mol. The van der Waals surface area contributed by atoms with Crippen LogP contribution < -0.4 is 10.2 Å². The molecule has 0 aliphatic heterocycles. The molecule has 138 valence electrons. The Hall–Kier alpha value is -3.21. The predicted molar refractivity (Wildman–Crippen MR) is 106 cm³/mol. The number of nitrogens with one attached hydrogen (secondary N) is 1. The molecule has 27 heavy (non-hydrogen) atoms. The van der Waals surface area contributed by atoms with Crippen molar-refractivity contribution in [3.05, 3.63) is 89.9 Å². The van der Waals surface area contributed by atoms with E-state index in [2.05, 4.69) is 41.2 Å². The second-order valence-electron chi connectivity index (χ2n) is 6.57. The molecule has 4 nitrogen and oxygen atoms in total. The standard InChI is InChI=1S/C22H22FN3O/c1-16(2)26(15-17-6-4-3-5-7-17)21-13-12-20(14-24-21)25-22(27)18-8-10-19(23)11-9-18/h3-14,16H,15H2,1-2H3,(H,25,27). The second-order valence-corrected chi connectivity index (χ2v) is 6.57. The van der Waals surface area contributed by atoms with E-state index in [0.717, 1.165) is 12.4 Å². The molecule has 0 saturated carbocycles. The number of benzene rings is 2. The first-order valence-corrected chi connectivity index (χ1v) is 8.86. The molecule has 0 unspecified atom stereocenters. The summed E-state index contributed by atoms with van der Waals surface area (Å²) in [6.45, 7) is 5.00. The van der Waals surface area contributed by atoms with Crippen molar-refractivity contribution in [2.45, 2.75) is 26.4 Å². The molecule has 0 radical (unpaired) electrons. The highest BCUT2D eigenvalue weighted by Crippen LogP contribution is 2.20. The number of aromatic nitrogens is 1. The Balaban J connectivity index is 1.71. The second kappa shape index (κ2) is 8.45. The van der Waals surface area contributed by atoms with Gasteiger partial charge in [0.05, 0.1) is 11.9 Å². The smallest absolute Gasteiger partial charge is 0.255 e. The van der Waals surface area contributed by atoms with Crippen LogP contribution in [0.3, 0.4) is 0 Å². The number of halogens is 1. The maximum Gasteiger partial charge on any atom is 0.255 e. The van der Waals surface area contributed by atoms with Crippen molar-refractivity contribution >= 4 is 17.4 Å². The van der Waals surface area contributed by atoms with Crippen LogP contribution in [0.25, 0.3) is 0 Å². The van der Waals surface area contributed by atoms with Crippen LogP contribution in [-0.4, -0.2) is 16.9 Å². The monoisotopic (exact) mass is 363 g/mol. The van der Waals surface area contributed by atoms with Crippen LogP contribution in [0.4, 0.5) is 15.9 Å². The highest BCUT2D eigenvalue weighted by molar-refractivity contribution is 6.04. The Morgan fingerprint density at radius 2 is 1.74 bits per heavy atom. The normalized spacial score (nSPS) is 10.7. The number of rotatable bonds is 6. The lowest BCUT2D eigenvalue weighted by Gasteiger charge is -2.28. The van der Waals surface area contributed by atoms with E-state index in [9.17, 15) is 9.18 Å². The predicted octanol–water partition coefficient (Wildman–Crippen LogP) is 4.89. The van der Waals surface area contributed by atoms with Crippen LogP contribution >= 0.6 is 0 Å². The summed E-state index contributed by atoms with van der Waals surface area (Å²) in [6, 6.07) is 19.6. The van der Waals surface area contributed by atoms with Crippen molar-refractivity contribution in [3.63, 3.8) is 0 Å². The lowest BCUT2D eigenvalue weighted by atomic mass is 10.2. The van der Waals surface area contributed by atoms with Crippen molar-refractivity contribution in [1.82, 2.24) is 4.98 Å². The lowest BCUT2D eigenvalue weighted by molar-refractivity contribution is 0.102. The number of carbonyl (C=O) groups excluding carboxylic acids is 1. The first kappa shape index (κ1) is 18.6. The molecule has 1 amide bonds. The average Bonchev–Trinajstić information content (AvgIpc) is 2.68.